The maximum absolute atomic E-state index is 11.4. The summed E-state index contributed by atoms with van der Waals surface area (Å²) in [6.45, 7) is 0.519. The molecule has 0 atom stereocenters. The molecule has 1 N–H and O–H groups in total. The first kappa shape index (κ1) is 14.9. The summed E-state index contributed by atoms with van der Waals surface area (Å²) in [5, 5.41) is 16.1. The van der Waals surface area contributed by atoms with Crippen LogP contribution in [0.1, 0.15) is 4.88 Å². The van der Waals surface area contributed by atoms with Crippen LogP contribution >= 0.6 is 22.7 Å². The Morgan fingerprint density at radius 2 is 2.20 bits per heavy atom. The topological polar surface area (TPSA) is 89.3 Å². The van der Waals surface area contributed by atoms with E-state index in [1.165, 1.54) is 4.88 Å². The van der Waals surface area contributed by atoms with Crippen molar-refractivity contribution in [2.45, 2.75) is 10.6 Å². The molecule has 108 valence electrons. The maximum atomic E-state index is 11.4. The van der Waals surface area contributed by atoms with Crippen molar-refractivity contribution in [1.82, 2.24) is 0 Å². The lowest BCUT2D eigenvalue weighted by molar-refractivity contribution is -0.383. The maximum Gasteiger partial charge on any atom is 0.304 e. The first-order chi connectivity index (χ1) is 9.38. The van der Waals surface area contributed by atoms with Gasteiger partial charge in [0, 0.05) is 23.7 Å². The van der Waals surface area contributed by atoms with Crippen molar-refractivity contribution >= 4 is 43.2 Å². The number of anilines is 1. The summed E-state index contributed by atoms with van der Waals surface area (Å²) in [4.78, 5) is 11.5. The van der Waals surface area contributed by atoms with Crippen LogP contribution in [0.25, 0.3) is 0 Å². The van der Waals surface area contributed by atoms with Gasteiger partial charge in [-0.2, -0.15) is 0 Å². The predicted molar refractivity (Wildman–Crippen MR) is 80.6 cm³/mol. The van der Waals surface area contributed by atoms with E-state index >= 15 is 0 Å². The average Bonchev–Trinajstić information content (AvgIpc) is 2.96. The highest BCUT2D eigenvalue weighted by Gasteiger charge is 2.23. The van der Waals surface area contributed by atoms with Gasteiger partial charge in [-0.1, -0.05) is 17.4 Å². The predicted octanol–water partition coefficient (Wildman–Crippen LogP) is 2.78. The third-order valence-electron chi connectivity index (χ3n) is 2.49. The number of sulfone groups is 1. The zero-order valence-electron chi connectivity index (χ0n) is 10.5. The summed E-state index contributed by atoms with van der Waals surface area (Å²) in [6, 6.07) is 5.03. The number of rotatable bonds is 6. The molecule has 9 heteroatoms. The molecule has 2 aromatic rings. The van der Waals surface area contributed by atoms with E-state index in [-0.39, 0.29) is 14.9 Å². The highest BCUT2D eigenvalue weighted by molar-refractivity contribution is 7.92. The van der Waals surface area contributed by atoms with Gasteiger partial charge in [0.05, 0.1) is 4.92 Å². The van der Waals surface area contributed by atoms with E-state index < -0.39 is 14.8 Å². The van der Waals surface area contributed by atoms with Crippen LogP contribution in [0.4, 0.5) is 10.7 Å². The van der Waals surface area contributed by atoms with Gasteiger partial charge in [-0.25, -0.2) is 8.42 Å². The second-order valence-corrected chi connectivity index (χ2v) is 8.39. The Morgan fingerprint density at radius 3 is 2.75 bits per heavy atom. The first-order valence-corrected chi connectivity index (χ1v) is 9.21. The summed E-state index contributed by atoms with van der Waals surface area (Å²) < 4.78 is 22.9. The quantitative estimate of drug-likeness (QED) is 0.649. The fourth-order valence-corrected chi connectivity index (χ4v) is 4.23. The minimum Gasteiger partial charge on any atom is -0.371 e. The molecule has 6 nitrogen and oxygen atoms in total. The fourth-order valence-electron chi connectivity index (χ4n) is 1.56. The summed E-state index contributed by atoms with van der Waals surface area (Å²) in [6.07, 6.45) is 1.78. The molecule has 20 heavy (non-hydrogen) atoms. The lowest BCUT2D eigenvalue weighted by atomic mass is 10.3. The standard InChI is InChI=1S/C11H12N2O4S3/c1-20(16,17)10-7-9(13(14)15)11(19-10)12-5-4-8-3-2-6-18-8/h2-3,6-7,12H,4-5H2,1H3. The van der Waals surface area contributed by atoms with Crippen molar-refractivity contribution in [2.75, 3.05) is 18.1 Å². The number of thiophene rings is 2. The molecule has 0 aromatic carbocycles. The Labute approximate surface area is 124 Å². The van der Waals surface area contributed by atoms with Crippen LogP contribution < -0.4 is 5.32 Å². The number of nitrogens with one attached hydrogen (secondary N) is 1. The Kier molecular flexibility index (Phi) is 4.41. The van der Waals surface area contributed by atoms with Gasteiger partial charge in [0.2, 0.25) is 0 Å². The van der Waals surface area contributed by atoms with Gasteiger partial charge in [-0.05, 0) is 17.9 Å². The largest absolute Gasteiger partial charge is 0.371 e. The lowest BCUT2D eigenvalue weighted by Gasteiger charge is -2.01. The molecule has 0 aliphatic heterocycles. The van der Waals surface area contributed by atoms with Gasteiger partial charge in [-0.3, -0.25) is 10.1 Å². The zero-order valence-corrected chi connectivity index (χ0v) is 13.0. The van der Waals surface area contributed by atoms with Crippen molar-refractivity contribution < 1.29 is 13.3 Å². The van der Waals surface area contributed by atoms with E-state index in [0.29, 0.717) is 6.54 Å². The molecule has 2 heterocycles. The Balaban J connectivity index is 2.13. The third-order valence-corrected chi connectivity index (χ3v) is 6.31. The fraction of sp³-hybridized carbons (Fsp3) is 0.273. The Hall–Kier alpha value is -1.45. The van der Waals surface area contributed by atoms with Crippen molar-refractivity contribution in [3.63, 3.8) is 0 Å². The second-order valence-electron chi connectivity index (χ2n) is 4.07. The minimum absolute atomic E-state index is 0.00261. The first-order valence-electron chi connectivity index (χ1n) is 5.62. The molecule has 0 aliphatic rings. The number of hydrogen-bond donors (Lipinski definition) is 1. The lowest BCUT2D eigenvalue weighted by Crippen LogP contribution is -2.03. The van der Waals surface area contributed by atoms with E-state index in [1.807, 2.05) is 17.5 Å². The van der Waals surface area contributed by atoms with Crippen molar-refractivity contribution in [2.24, 2.45) is 0 Å². The van der Waals surface area contributed by atoms with E-state index in [4.69, 9.17) is 0 Å². The molecule has 0 spiro atoms. The van der Waals surface area contributed by atoms with Crippen molar-refractivity contribution in [1.29, 1.82) is 0 Å². The van der Waals surface area contributed by atoms with E-state index in [0.717, 1.165) is 30.1 Å². The van der Waals surface area contributed by atoms with Gasteiger partial charge in [0.25, 0.3) is 0 Å². The highest BCUT2D eigenvalue weighted by atomic mass is 32.2. The van der Waals surface area contributed by atoms with Crippen LogP contribution in [0.2, 0.25) is 0 Å². The molecule has 0 saturated heterocycles. The third kappa shape index (κ3) is 3.56. The van der Waals surface area contributed by atoms with Crippen molar-refractivity contribution in [3.05, 3.63) is 38.6 Å². The summed E-state index contributed by atoms with van der Waals surface area (Å²) in [5.74, 6) is 0. The number of nitro groups is 1. The number of hydrogen-bond acceptors (Lipinski definition) is 7. The van der Waals surface area contributed by atoms with Gasteiger partial charge in [0.15, 0.2) is 14.8 Å². The average molecular weight is 332 g/mol. The van der Waals surface area contributed by atoms with Crippen molar-refractivity contribution in [3.8, 4) is 0 Å². The summed E-state index contributed by atoms with van der Waals surface area (Å²) in [5.41, 5.74) is -0.193. The molecule has 0 saturated carbocycles. The van der Waals surface area contributed by atoms with Crippen LogP contribution in [0.5, 0.6) is 0 Å². The number of nitrogens with zero attached hydrogens (tertiary/aromatic N) is 1. The van der Waals surface area contributed by atoms with Crippen LogP contribution in [0.15, 0.2) is 27.8 Å². The smallest absolute Gasteiger partial charge is 0.304 e. The molecule has 0 amide bonds. The van der Waals surface area contributed by atoms with Crippen LogP contribution in [-0.2, 0) is 16.3 Å². The molecule has 2 aromatic heterocycles. The van der Waals surface area contributed by atoms with E-state index in [9.17, 15) is 18.5 Å². The molecule has 0 fully saturated rings. The van der Waals surface area contributed by atoms with Gasteiger partial charge in [-0.15, -0.1) is 11.3 Å². The molecule has 0 aliphatic carbocycles. The van der Waals surface area contributed by atoms with E-state index in [2.05, 4.69) is 5.32 Å². The zero-order chi connectivity index (χ0) is 14.8. The molecular weight excluding hydrogens is 320 g/mol. The molecule has 0 radical (unpaired) electrons. The molecule has 2 rings (SSSR count). The Morgan fingerprint density at radius 1 is 1.45 bits per heavy atom. The SMILES string of the molecule is CS(=O)(=O)c1cc([N+](=O)[O-])c(NCCc2cccs2)s1. The van der Waals surface area contributed by atoms with Crippen LogP contribution in [0, 0.1) is 10.1 Å². The van der Waals surface area contributed by atoms with Gasteiger partial charge >= 0.3 is 5.69 Å². The highest BCUT2D eigenvalue weighted by Crippen LogP contribution is 2.36. The monoisotopic (exact) mass is 332 g/mol. The molecular formula is C11H12N2O4S3. The summed E-state index contributed by atoms with van der Waals surface area (Å²) >= 11 is 2.51. The van der Waals surface area contributed by atoms with Crippen LogP contribution in [-0.4, -0.2) is 26.1 Å². The second kappa shape index (κ2) is 5.90. The Bertz CT molecular complexity index is 704. The van der Waals surface area contributed by atoms with Gasteiger partial charge in [0.1, 0.15) is 4.21 Å². The molecule has 0 unspecified atom stereocenters. The minimum atomic E-state index is -3.43. The normalized spacial score (nSPS) is 11.4. The molecule has 0 bridgehead atoms. The van der Waals surface area contributed by atoms with Gasteiger partial charge < -0.3 is 5.32 Å². The summed E-state index contributed by atoms with van der Waals surface area (Å²) in [7, 11) is -3.43. The van der Waals surface area contributed by atoms with E-state index in [1.54, 1.807) is 11.3 Å². The van der Waals surface area contributed by atoms with Crippen LogP contribution in [0.3, 0.4) is 0 Å².